The van der Waals surface area contributed by atoms with Crippen LogP contribution in [0.4, 0.5) is 0 Å². The average Bonchev–Trinajstić information content (AvgIpc) is 2.47. The molecule has 0 atom stereocenters. The minimum atomic E-state index is -0.0663. The molecule has 3 nitrogen and oxygen atoms in total. The summed E-state index contributed by atoms with van der Waals surface area (Å²) >= 11 is 0. The summed E-state index contributed by atoms with van der Waals surface area (Å²) in [6.07, 6.45) is 0. The Morgan fingerprint density at radius 3 is 2.60 bits per heavy atom. The zero-order chi connectivity index (χ0) is 14.1. The highest BCUT2D eigenvalue weighted by molar-refractivity contribution is 5.80. The van der Waals surface area contributed by atoms with Crippen LogP contribution in [0.2, 0.25) is 0 Å². The lowest BCUT2D eigenvalue weighted by atomic mass is 10.1. The highest BCUT2D eigenvalue weighted by Crippen LogP contribution is 2.26. The minimum Gasteiger partial charge on any atom is -0.497 e. The van der Waals surface area contributed by atoms with Gasteiger partial charge in [-0.15, -0.1) is 0 Å². The number of ether oxygens (including phenoxy) is 1. The molecule has 0 spiro atoms. The molecule has 100 valence electrons. The maximum atomic E-state index is 12.2. The summed E-state index contributed by atoms with van der Waals surface area (Å²) in [5, 5.41) is 0.529. The van der Waals surface area contributed by atoms with Crippen LogP contribution in [0.3, 0.4) is 0 Å². The zero-order valence-electron chi connectivity index (χ0n) is 11.3. The number of hydrogen-bond donors (Lipinski definition) is 0. The molecule has 1 aromatic heterocycles. The molecule has 0 radical (unpaired) electrons. The van der Waals surface area contributed by atoms with Gasteiger partial charge in [-0.25, -0.2) is 0 Å². The van der Waals surface area contributed by atoms with E-state index >= 15 is 0 Å². The molecule has 0 aliphatic carbocycles. The topological polar surface area (TPSA) is 39.4 Å². The lowest BCUT2D eigenvalue weighted by molar-refractivity contribution is 0.415. The molecule has 0 N–H and O–H groups in total. The molecule has 20 heavy (non-hydrogen) atoms. The van der Waals surface area contributed by atoms with Gasteiger partial charge in [-0.3, -0.25) is 4.79 Å². The van der Waals surface area contributed by atoms with E-state index in [1.165, 1.54) is 6.07 Å². The van der Waals surface area contributed by atoms with Gasteiger partial charge in [0.05, 0.1) is 12.5 Å². The van der Waals surface area contributed by atoms with E-state index in [9.17, 15) is 4.79 Å². The summed E-state index contributed by atoms with van der Waals surface area (Å²) in [6, 6.07) is 14.6. The minimum absolute atomic E-state index is 0.0663. The van der Waals surface area contributed by atoms with Crippen molar-refractivity contribution >= 4 is 11.0 Å². The smallest absolute Gasteiger partial charge is 0.193 e. The van der Waals surface area contributed by atoms with E-state index in [-0.39, 0.29) is 5.43 Å². The fourth-order valence-corrected chi connectivity index (χ4v) is 2.24. The summed E-state index contributed by atoms with van der Waals surface area (Å²) < 4.78 is 11.0. The van der Waals surface area contributed by atoms with Crippen LogP contribution in [-0.2, 0) is 0 Å². The van der Waals surface area contributed by atoms with Gasteiger partial charge in [0.15, 0.2) is 5.43 Å². The summed E-state index contributed by atoms with van der Waals surface area (Å²) in [5.74, 6) is 1.24. The number of methoxy groups -OCH3 is 1. The fraction of sp³-hybridized carbons (Fsp3) is 0.118. The van der Waals surface area contributed by atoms with Crippen molar-refractivity contribution < 1.29 is 9.15 Å². The molecular weight excluding hydrogens is 252 g/mol. The largest absolute Gasteiger partial charge is 0.497 e. The van der Waals surface area contributed by atoms with Crippen molar-refractivity contribution in [2.75, 3.05) is 7.11 Å². The van der Waals surface area contributed by atoms with E-state index in [2.05, 4.69) is 0 Å². The van der Waals surface area contributed by atoms with Gasteiger partial charge in [-0.1, -0.05) is 24.3 Å². The second kappa shape index (κ2) is 4.85. The standard InChI is InChI=1S/C17H14O3/c1-11-5-3-4-6-13(11)17-10-15(18)14-9-12(19-2)7-8-16(14)20-17/h3-10H,1-2H3. The molecule has 3 rings (SSSR count). The predicted octanol–water partition coefficient (Wildman–Crippen LogP) is 3.78. The van der Waals surface area contributed by atoms with Crippen molar-refractivity contribution in [2.24, 2.45) is 0 Å². The summed E-state index contributed by atoms with van der Waals surface area (Å²) in [4.78, 5) is 12.2. The van der Waals surface area contributed by atoms with Crippen molar-refractivity contribution in [1.82, 2.24) is 0 Å². The van der Waals surface area contributed by atoms with Gasteiger partial charge in [0.25, 0.3) is 0 Å². The quantitative estimate of drug-likeness (QED) is 0.708. The van der Waals surface area contributed by atoms with E-state index in [0.29, 0.717) is 22.5 Å². The van der Waals surface area contributed by atoms with E-state index < -0.39 is 0 Å². The molecule has 0 bridgehead atoms. The third kappa shape index (κ3) is 2.07. The Labute approximate surface area is 116 Å². The van der Waals surface area contributed by atoms with Gasteiger partial charge >= 0.3 is 0 Å². The fourth-order valence-electron chi connectivity index (χ4n) is 2.24. The van der Waals surface area contributed by atoms with E-state index in [1.807, 2.05) is 31.2 Å². The number of benzene rings is 2. The normalized spacial score (nSPS) is 10.7. The molecule has 1 heterocycles. The second-order valence-electron chi connectivity index (χ2n) is 4.65. The van der Waals surface area contributed by atoms with Crippen molar-refractivity contribution in [2.45, 2.75) is 6.92 Å². The first-order valence-corrected chi connectivity index (χ1v) is 6.37. The maximum absolute atomic E-state index is 12.2. The van der Waals surface area contributed by atoms with Gasteiger partial charge in [0, 0.05) is 11.6 Å². The van der Waals surface area contributed by atoms with Gasteiger partial charge in [0.1, 0.15) is 17.1 Å². The van der Waals surface area contributed by atoms with Gasteiger partial charge in [-0.05, 0) is 30.7 Å². The molecule has 0 saturated carbocycles. The monoisotopic (exact) mass is 266 g/mol. The van der Waals surface area contributed by atoms with Crippen LogP contribution in [0.25, 0.3) is 22.3 Å². The Bertz CT molecular complexity index is 831. The van der Waals surface area contributed by atoms with Crippen LogP contribution in [0, 0.1) is 6.92 Å². The molecule has 0 amide bonds. The third-order valence-electron chi connectivity index (χ3n) is 3.34. The SMILES string of the molecule is COc1ccc2oc(-c3ccccc3C)cc(=O)c2c1. The summed E-state index contributed by atoms with van der Waals surface area (Å²) in [5.41, 5.74) is 2.51. The van der Waals surface area contributed by atoms with Crippen molar-refractivity contribution in [3.05, 3.63) is 64.3 Å². The Morgan fingerprint density at radius 2 is 1.85 bits per heavy atom. The Kier molecular flexibility index (Phi) is 3.03. The molecule has 0 fully saturated rings. The third-order valence-corrected chi connectivity index (χ3v) is 3.34. The molecule has 0 saturated heterocycles. The number of aryl methyl sites for hydroxylation is 1. The van der Waals surface area contributed by atoms with Gasteiger partial charge in [-0.2, -0.15) is 0 Å². The highest BCUT2D eigenvalue weighted by Gasteiger charge is 2.09. The Balaban J connectivity index is 2.26. The lowest BCUT2D eigenvalue weighted by Gasteiger charge is -2.07. The van der Waals surface area contributed by atoms with Gasteiger partial charge in [0.2, 0.25) is 0 Å². The maximum Gasteiger partial charge on any atom is 0.193 e. The molecule has 0 unspecified atom stereocenters. The summed E-state index contributed by atoms with van der Waals surface area (Å²) in [7, 11) is 1.57. The molecule has 0 aliphatic rings. The average molecular weight is 266 g/mol. The van der Waals surface area contributed by atoms with Crippen LogP contribution in [0.15, 0.2) is 57.7 Å². The molecule has 3 aromatic rings. The number of hydrogen-bond acceptors (Lipinski definition) is 3. The van der Waals surface area contributed by atoms with Crippen molar-refractivity contribution in [3.8, 4) is 17.1 Å². The molecule has 2 aromatic carbocycles. The first-order chi connectivity index (χ1) is 9.69. The lowest BCUT2D eigenvalue weighted by Crippen LogP contribution is -2.01. The molecule has 3 heteroatoms. The predicted molar refractivity (Wildman–Crippen MR) is 79.2 cm³/mol. The van der Waals surface area contributed by atoms with Crippen molar-refractivity contribution in [3.63, 3.8) is 0 Å². The van der Waals surface area contributed by atoms with Crippen LogP contribution < -0.4 is 10.2 Å². The van der Waals surface area contributed by atoms with Gasteiger partial charge < -0.3 is 9.15 Å². The Hall–Kier alpha value is -2.55. The van der Waals surface area contributed by atoms with E-state index in [1.54, 1.807) is 25.3 Å². The van der Waals surface area contributed by atoms with E-state index in [0.717, 1.165) is 11.1 Å². The first-order valence-electron chi connectivity index (χ1n) is 6.37. The van der Waals surface area contributed by atoms with Crippen LogP contribution in [0.5, 0.6) is 5.75 Å². The Morgan fingerprint density at radius 1 is 1.05 bits per heavy atom. The van der Waals surface area contributed by atoms with Crippen LogP contribution in [-0.4, -0.2) is 7.11 Å². The molecular formula is C17H14O3. The number of fused-ring (bicyclic) bond motifs is 1. The summed E-state index contributed by atoms with van der Waals surface area (Å²) in [6.45, 7) is 1.99. The number of rotatable bonds is 2. The zero-order valence-corrected chi connectivity index (χ0v) is 11.3. The highest BCUT2D eigenvalue weighted by atomic mass is 16.5. The van der Waals surface area contributed by atoms with E-state index in [4.69, 9.17) is 9.15 Å². The van der Waals surface area contributed by atoms with Crippen molar-refractivity contribution in [1.29, 1.82) is 0 Å². The molecule has 0 aliphatic heterocycles. The second-order valence-corrected chi connectivity index (χ2v) is 4.65. The van der Waals surface area contributed by atoms with Crippen LogP contribution in [0.1, 0.15) is 5.56 Å². The van der Waals surface area contributed by atoms with Crippen LogP contribution >= 0.6 is 0 Å². The first kappa shape index (κ1) is 12.5.